The highest BCUT2D eigenvalue weighted by Crippen LogP contribution is 2.34. The second-order valence-electron chi connectivity index (χ2n) is 5.90. The molecule has 0 saturated carbocycles. The van der Waals surface area contributed by atoms with Gasteiger partial charge in [0.1, 0.15) is 5.76 Å². The average molecular weight is 290 g/mol. The third kappa shape index (κ3) is 2.33. The van der Waals surface area contributed by atoms with Gasteiger partial charge in [-0.25, -0.2) is 4.98 Å². The minimum Gasteiger partial charge on any atom is -0.441 e. The van der Waals surface area contributed by atoms with Crippen LogP contribution in [0.3, 0.4) is 0 Å². The molecule has 0 radical (unpaired) electrons. The second-order valence-corrected chi connectivity index (χ2v) is 5.90. The van der Waals surface area contributed by atoms with E-state index in [-0.39, 0.29) is 0 Å². The van der Waals surface area contributed by atoms with Gasteiger partial charge in [-0.1, -0.05) is 24.3 Å². The molecule has 22 heavy (non-hydrogen) atoms. The van der Waals surface area contributed by atoms with Gasteiger partial charge in [-0.3, -0.25) is 4.98 Å². The van der Waals surface area contributed by atoms with Crippen molar-refractivity contribution in [3.05, 3.63) is 71.4 Å². The van der Waals surface area contributed by atoms with Gasteiger partial charge in [-0.05, 0) is 43.5 Å². The largest absolute Gasteiger partial charge is 0.441 e. The molecule has 3 nitrogen and oxygen atoms in total. The van der Waals surface area contributed by atoms with E-state index in [0.29, 0.717) is 5.92 Å². The van der Waals surface area contributed by atoms with Gasteiger partial charge in [0, 0.05) is 29.8 Å². The van der Waals surface area contributed by atoms with Gasteiger partial charge in [0.2, 0.25) is 5.89 Å². The maximum Gasteiger partial charge on any atom is 0.226 e. The number of oxazole rings is 1. The van der Waals surface area contributed by atoms with E-state index in [9.17, 15) is 0 Å². The Morgan fingerprint density at radius 3 is 2.77 bits per heavy atom. The second kappa shape index (κ2) is 5.41. The van der Waals surface area contributed by atoms with E-state index < -0.39 is 0 Å². The smallest absolute Gasteiger partial charge is 0.226 e. The van der Waals surface area contributed by atoms with Crippen LogP contribution in [0.4, 0.5) is 0 Å². The Hall–Kier alpha value is -2.42. The summed E-state index contributed by atoms with van der Waals surface area (Å²) in [6, 6.07) is 14.4. The number of benzene rings is 1. The van der Waals surface area contributed by atoms with Crippen molar-refractivity contribution in [2.45, 2.75) is 32.1 Å². The lowest BCUT2D eigenvalue weighted by Crippen LogP contribution is -2.12. The van der Waals surface area contributed by atoms with Crippen LogP contribution in [0.5, 0.6) is 0 Å². The van der Waals surface area contributed by atoms with Crippen LogP contribution in [0, 0.1) is 6.92 Å². The normalized spacial score (nSPS) is 17.2. The van der Waals surface area contributed by atoms with E-state index in [4.69, 9.17) is 9.40 Å². The Labute approximate surface area is 130 Å². The molecule has 0 N–H and O–H groups in total. The van der Waals surface area contributed by atoms with Crippen molar-refractivity contribution in [1.29, 1.82) is 0 Å². The maximum absolute atomic E-state index is 6.09. The molecule has 1 aliphatic carbocycles. The van der Waals surface area contributed by atoms with Crippen molar-refractivity contribution in [1.82, 2.24) is 9.97 Å². The lowest BCUT2D eigenvalue weighted by Gasteiger charge is -2.19. The number of nitrogens with zero attached hydrogens (tertiary/aromatic N) is 2. The molecule has 0 amide bonds. The zero-order valence-electron chi connectivity index (χ0n) is 12.6. The van der Waals surface area contributed by atoms with Crippen molar-refractivity contribution >= 4 is 0 Å². The van der Waals surface area contributed by atoms with Gasteiger partial charge in [0.25, 0.3) is 0 Å². The van der Waals surface area contributed by atoms with Crippen LogP contribution >= 0.6 is 0 Å². The molecule has 110 valence electrons. The van der Waals surface area contributed by atoms with Crippen molar-refractivity contribution in [3.8, 4) is 11.5 Å². The number of rotatable bonds is 2. The molecule has 0 bridgehead atoms. The quantitative estimate of drug-likeness (QED) is 0.705. The first kappa shape index (κ1) is 13.3. The molecule has 1 unspecified atom stereocenters. The van der Waals surface area contributed by atoms with Crippen molar-refractivity contribution < 1.29 is 4.42 Å². The van der Waals surface area contributed by atoms with E-state index in [1.807, 2.05) is 24.4 Å². The summed E-state index contributed by atoms with van der Waals surface area (Å²) in [5, 5.41) is 0. The molecule has 0 fully saturated rings. The van der Waals surface area contributed by atoms with E-state index in [1.54, 1.807) is 0 Å². The van der Waals surface area contributed by atoms with Crippen LogP contribution in [0.1, 0.15) is 35.1 Å². The summed E-state index contributed by atoms with van der Waals surface area (Å²) >= 11 is 0. The number of aromatic nitrogens is 2. The van der Waals surface area contributed by atoms with Gasteiger partial charge in [-0.15, -0.1) is 0 Å². The molecule has 4 rings (SSSR count). The van der Waals surface area contributed by atoms with Crippen LogP contribution in [0.2, 0.25) is 0 Å². The van der Waals surface area contributed by atoms with Crippen molar-refractivity contribution in [2.75, 3.05) is 0 Å². The molecule has 1 aliphatic rings. The first-order valence-corrected chi connectivity index (χ1v) is 7.77. The molecular formula is C19H18N2O. The van der Waals surface area contributed by atoms with Gasteiger partial charge in [-0.2, -0.15) is 0 Å². The first-order chi connectivity index (χ1) is 10.8. The molecule has 0 aliphatic heterocycles. The number of pyridine rings is 1. The summed E-state index contributed by atoms with van der Waals surface area (Å²) in [5.41, 5.74) is 4.56. The van der Waals surface area contributed by atoms with Gasteiger partial charge < -0.3 is 4.42 Å². The molecule has 0 spiro atoms. The Bertz CT molecular complexity index is 792. The fourth-order valence-corrected chi connectivity index (χ4v) is 3.17. The maximum atomic E-state index is 6.09. The summed E-state index contributed by atoms with van der Waals surface area (Å²) in [4.78, 5) is 9.22. The Morgan fingerprint density at radius 2 is 1.95 bits per heavy atom. The molecule has 1 aromatic carbocycles. The Balaban J connectivity index is 1.65. The number of hydrogen-bond acceptors (Lipinski definition) is 3. The summed E-state index contributed by atoms with van der Waals surface area (Å²) in [7, 11) is 0. The molecule has 0 saturated heterocycles. The highest BCUT2D eigenvalue weighted by Gasteiger charge is 2.26. The van der Waals surface area contributed by atoms with E-state index in [1.165, 1.54) is 5.56 Å². The standard InChI is InChI=1S/C19H18N2O/c1-13-6-2-3-7-15(13)19-21-17-10-9-14(12-18(17)22-19)16-8-4-5-11-20-16/h2-8,11,14H,9-10,12H2,1H3. The van der Waals surface area contributed by atoms with Crippen LogP contribution in [-0.2, 0) is 12.8 Å². The zero-order valence-corrected chi connectivity index (χ0v) is 12.6. The number of aryl methyl sites for hydroxylation is 2. The monoisotopic (exact) mass is 290 g/mol. The predicted molar refractivity (Wildman–Crippen MR) is 85.7 cm³/mol. The highest BCUT2D eigenvalue weighted by atomic mass is 16.4. The fourth-order valence-electron chi connectivity index (χ4n) is 3.17. The van der Waals surface area contributed by atoms with E-state index in [2.05, 4.69) is 36.2 Å². The van der Waals surface area contributed by atoms with Crippen LogP contribution < -0.4 is 0 Å². The minimum absolute atomic E-state index is 0.436. The molecule has 3 heteroatoms. The minimum atomic E-state index is 0.436. The Kier molecular flexibility index (Phi) is 3.26. The SMILES string of the molecule is Cc1ccccc1-c1nc2c(o1)CC(c1ccccn1)CC2. The molecule has 3 aromatic rings. The molecule has 1 atom stereocenters. The third-order valence-electron chi connectivity index (χ3n) is 4.42. The lowest BCUT2D eigenvalue weighted by molar-refractivity contribution is 0.453. The van der Waals surface area contributed by atoms with Gasteiger partial charge in [0.05, 0.1) is 5.69 Å². The Morgan fingerprint density at radius 1 is 1.09 bits per heavy atom. The summed E-state index contributed by atoms with van der Waals surface area (Å²) in [6.07, 6.45) is 4.81. The van der Waals surface area contributed by atoms with Crippen molar-refractivity contribution in [2.24, 2.45) is 0 Å². The topological polar surface area (TPSA) is 38.9 Å². The first-order valence-electron chi connectivity index (χ1n) is 7.77. The summed E-state index contributed by atoms with van der Waals surface area (Å²) in [5.74, 6) is 2.22. The summed E-state index contributed by atoms with van der Waals surface area (Å²) < 4.78 is 6.09. The number of fused-ring (bicyclic) bond motifs is 1. The summed E-state index contributed by atoms with van der Waals surface area (Å²) in [6.45, 7) is 2.09. The molecule has 2 aromatic heterocycles. The van der Waals surface area contributed by atoms with E-state index >= 15 is 0 Å². The van der Waals surface area contributed by atoms with Crippen molar-refractivity contribution in [3.63, 3.8) is 0 Å². The molecular weight excluding hydrogens is 272 g/mol. The number of hydrogen-bond donors (Lipinski definition) is 0. The van der Waals surface area contributed by atoms with Crippen LogP contribution in [0.15, 0.2) is 53.1 Å². The van der Waals surface area contributed by atoms with Gasteiger partial charge in [0.15, 0.2) is 0 Å². The predicted octanol–water partition coefficient (Wildman–Crippen LogP) is 4.32. The highest BCUT2D eigenvalue weighted by molar-refractivity contribution is 5.58. The lowest BCUT2D eigenvalue weighted by atomic mass is 9.88. The average Bonchev–Trinajstić information content (AvgIpc) is 2.99. The van der Waals surface area contributed by atoms with E-state index in [0.717, 1.165) is 47.9 Å². The van der Waals surface area contributed by atoms with Crippen LogP contribution in [0.25, 0.3) is 11.5 Å². The third-order valence-corrected chi connectivity index (χ3v) is 4.42. The van der Waals surface area contributed by atoms with Gasteiger partial charge >= 0.3 is 0 Å². The fraction of sp³-hybridized carbons (Fsp3) is 0.263. The molecule has 2 heterocycles. The zero-order chi connectivity index (χ0) is 14.9. The van der Waals surface area contributed by atoms with Crippen LogP contribution in [-0.4, -0.2) is 9.97 Å².